The first-order chi connectivity index (χ1) is 19.6. The zero-order chi connectivity index (χ0) is 27.3. The maximum absolute atomic E-state index is 12.6. The van der Waals surface area contributed by atoms with Crippen molar-refractivity contribution in [2.24, 2.45) is 0 Å². The topological polar surface area (TPSA) is 67.4 Å². The van der Waals surface area contributed by atoms with Gasteiger partial charge in [0.25, 0.3) is 5.91 Å². The second-order valence-electron chi connectivity index (χ2n) is 11.2. The molecule has 6 rings (SSSR count). The second kappa shape index (κ2) is 12.5. The highest BCUT2D eigenvalue weighted by Gasteiger charge is 2.31. The Balaban J connectivity index is 1.10. The van der Waals surface area contributed by atoms with E-state index in [1.54, 1.807) is 0 Å². The highest BCUT2D eigenvalue weighted by Crippen LogP contribution is 2.37. The number of nitrogens with zero attached hydrogens (tertiary/aromatic N) is 4. The minimum atomic E-state index is -0.240. The zero-order valence-electron chi connectivity index (χ0n) is 23.5. The molecule has 8 nitrogen and oxygen atoms in total. The van der Waals surface area contributed by atoms with Gasteiger partial charge < -0.3 is 24.0 Å². The molecule has 3 saturated heterocycles. The zero-order valence-corrected chi connectivity index (χ0v) is 23.5. The van der Waals surface area contributed by atoms with Gasteiger partial charge in [0.2, 0.25) is 0 Å². The van der Waals surface area contributed by atoms with Gasteiger partial charge in [-0.2, -0.15) is 0 Å². The van der Waals surface area contributed by atoms with Crippen LogP contribution in [0.1, 0.15) is 25.7 Å². The van der Waals surface area contributed by atoms with Crippen molar-refractivity contribution in [2.45, 2.75) is 37.9 Å². The van der Waals surface area contributed by atoms with Gasteiger partial charge in [0.1, 0.15) is 30.1 Å². The maximum atomic E-state index is 12.6. The highest BCUT2D eigenvalue weighted by atomic mass is 16.5. The number of aromatic nitrogens is 1. The van der Waals surface area contributed by atoms with E-state index in [0.717, 1.165) is 105 Å². The molecule has 0 saturated carbocycles. The van der Waals surface area contributed by atoms with Gasteiger partial charge in [0, 0.05) is 82.4 Å². The number of likely N-dealkylation sites (N-methyl/N-ethyl adjacent to an activating group) is 1. The molecule has 40 heavy (non-hydrogen) atoms. The number of rotatable bonds is 8. The lowest BCUT2D eigenvalue weighted by atomic mass is 10.0. The molecule has 8 heteroatoms. The molecule has 3 aromatic rings. The molecule has 3 aliphatic heterocycles. The Morgan fingerprint density at radius 1 is 0.975 bits per heavy atom. The second-order valence-corrected chi connectivity index (χ2v) is 11.2. The van der Waals surface area contributed by atoms with Crippen LogP contribution in [0.3, 0.4) is 0 Å². The lowest BCUT2D eigenvalue weighted by molar-refractivity contribution is -0.142. The lowest BCUT2D eigenvalue weighted by Gasteiger charge is -2.33. The number of hydrogen-bond acceptors (Lipinski definition) is 7. The van der Waals surface area contributed by atoms with Gasteiger partial charge in [-0.15, -0.1) is 0 Å². The van der Waals surface area contributed by atoms with Crippen molar-refractivity contribution in [1.29, 1.82) is 0 Å². The number of fused-ring (bicyclic) bond motifs is 1. The Labute approximate surface area is 236 Å². The fraction of sp³-hybridized carbons (Fsp3) is 0.500. The van der Waals surface area contributed by atoms with Crippen LogP contribution in [0.4, 0.5) is 0 Å². The number of carbonyl (C=O) groups is 1. The van der Waals surface area contributed by atoms with E-state index in [1.165, 1.54) is 0 Å². The Kier molecular flexibility index (Phi) is 8.46. The van der Waals surface area contributed by atoms with Gasteiger partial charge in [-0.05, 0) is 49.7 Å². The molecule has 2 aromatic carbocycles. The first-order valence-electron chi connectivity index (χ1n) is 14.7. The molecule has 1 atom stereocenters. The first kappa shape index (κ1) is 27.0. The van der Waals surface area contributed by atoms with Gasteiger partial charge in [0.05, 0.1) is 0 Å². The van der Waals surface area contributed by atoms with Crippen LogP contribution in [0.5, 0.6) is 11.5 Å². The van der Waals surface area contributed by atoms with Crippen molar-refractivity contribution in [3.8, 4) is 22.6 Å². The summed E-state index contributed by atoms with van der Waals surface area (Å²) in [4.78, 5) is 24.1. The molecule has 1 amide bonds. The first-order valence-corrected chi connectivity index (χ1v) is 14.7. The molecule has 0 spiro atoms. The summed E-state index contributed by atoms with van der Waals surface area (Å²) in [5, 5.41) is 1.07. The third kappa shape index (κ3) is 6.24. The minimum absolute atomic E-state index is 0.109. The quantitative estimate of drug-likeness (QED) is 0.423. The molecule has 0 unspecified atom stereocenters. The molecular formula is C32H40N4O4. The lowest BCUT2D eigenvalue weighted by Crippen LogP contribution is -2.45. The van der Waals surface area contributed by atoms with Crippen LogP contribution >= 0.6 is 0 Å². The molecule has 212 valence electrons. The van der Waals surface area contributed by atoms with Gasteiger partial charge in [-0.1, -0.05) is 24.3 Å². The standard InChI is InChI=1S/C32H40N4O4/c1-34-17-19-35(20-18-34)21-23-39-31-28(11-8-25-4-2-14-33-30(25)31)24-6-9-26(10-7-24)40-27-12-15-36(16-13-27)32(37)29-5-3-22-38-29/h2,4,6-11,14,27,29H,3,5,12-13,15-23H2,1H3/t29-/m1/s1. The minimum Gasteiger partial charge on any atom is -0.490 e. The average molecular weight is 545 g/mol. The van der Waals surface area contributed by atoms with Crippen LogP contribution in [0.15, 0.2) is 54.7 Å². The molecule has 0 aliphatic carbocycles. The summed E-state index contributed by atoms with van der Waals surface area (Å²) in [6, 6.07) is 16.6. The van der Waals surface area contributed by atoms with Gasteiger partial charge in [0.15, 0.2) is 5.75 Å². The van der Waals surface area contributed by atoms with Crippen LogP contribution in [-0.4, -0.2) is 104 Å². The highest BCUT2D eigenvalue weighted by molar-refractivity contribution is 5.92. The number of likely N-dealkylation sites (tertiary alicyclic amines) is 1. The van der Waals surface area contributed by atoms with Gasteiger partial charge in [-0.3, -0.25) is 14.7 Å². The van der Waals surface area contributed by atoms with Crippen molar-refractivity contribution in [3.05, 3.63) is 54.7 Å². The van der Waals surface area contributed by atoms with Crippen LogP contribution in [0, 0.1) is 0 Å². The molecule has 3 aliphatic rings. The molecule has 1 aromatic heterocycles. The monoisotopic (exact) mass is 544 g/mol. The fourth-order valence-corrected chi connectivity index (χ4v) is 5.92. The van der Waals surface area contributed by atoms with Crippen LogP contribution < -0.4 is 9.47 Å². The normalized spacial score (nSPS) is 21.1. The fourth-order valence-electron chi connectivity index (χ4n) is 5.92. The van der Waals surface area contributed by atoms with Crippen LogP contribution in [-0.2, 0) is 9.53 Å². The van der Waals surface area contributed by atoms with Crippen molar-refractivity contribution in [1.82, 2.24) is 19.7 Å². The summed E-state index contributed by atoms with van der Waals surface area (Å²) in [5.74, 6) is 1.83. The molecule has 0 bridgehead atoms. The van der Waals surface area contributed by atoms with E-state index in [0.29, 0.717) is 13.2 Å². The maximum Gasteiger partial charge on any atom is 0.251 e. The van der Waals surface area contributed by atoms with Crippen molar-refractivity contribution >= 4 is 16.8 Å². The van der Waals surface area contributed by atoms with Crippen LogP contribution in [0.2, 0.25) is 0 Å². The van der Waals surface area contributed by atoms with E-state index >= 15 is 0 Å². The molecule has 4 heterocycles. The van der Waals surface area contributed by atoms with Crippen LogP contribution in [0.25, 0.3) is 22.0 Å². The Bertz CT molecular complexity index is 1280. The summed E-state index contributed by atoms with van der Waals surface area (Å²) in [7, 11) is 2.18. The summed E-state index contributed by atoms with van der Waals surface area (Å²) in [6.07, 6.45) is 5.19. The SMILES string of the molecule is CN1CCN(CCOc2c(-c3ccc(OC4CCN(C(=O)[C@H]5CCCO5)CC4)cc3)ccc3cccnc23)CC1. The number of pyridine rings is 1. The number of benzene rings is 2. The number of piperazine rings is 1. The Hall–Kier alpha value is -3.20. The largest absolute Gasteiger partial charge is 0.490 e. The van der Waals surface area contributed by atoms with Gasteiger partial charge in [-0.25, -0.2) is 0 Å². The summed E-state index contributed by atoms with van der Waals surface area (Å²) < 4.78 is 18.4. The van der Waals surface area contributed by atoms with E-state index in [-0.39, 0.29) is 18.1 Å². The summed E-state index contributed by atoms with van der Waals surface area (Å²) >= 11 is 0. The molecular weight excluding hydrogens is 504 g/mol. The van der Waals surface area contributed by atoms with Crippen molar-refractivity contribution in [2.75, 3.05) is 66.1 Å². The smallest absolute Gasteiger partial charge is 0.251 e. The molecule has 0 radical (unpaired) electrons. The third-order valence-corrected chi connectivity index (χ3v) is 8.40. The summed E-state index contributed by atoms with van der Waals surface area (Å²) in [5.41, 5.74) is 3.01. The predicted octanol–water partition coefficient (Wildman–Crippen LogP) is 4.08. The molecule has 0 N–H and O–H groups in total. The van der Waals surface area contributed by atoms with E-state index < -0.39 is 0 Å². The molecule has 3 fully saturated rings. The summed E-state index contributed by atoms with van der Waals surface area (Å²) in [6.45, 7) is 8.03. The Morgan fingerprint density at radius 2 is 1.77 bits per heavy atom. The third-order valence-electron chi connectivity index (χ3n) is 8.40. The van der Waals surface area contributed by atoms with Crippen molar-refractivity contribution < 1.29 is 19.0 Å². The average Bonchev–Trinajstić information content (AvgIpc) is 3.54. The number of piperidine rings is 1. The van der Waals surface area contributed by atoms with E-state index in [2.05, 4.69) is 52.2 Å². The number of amides is 1. The number of ether oxygens (including phenoxy) is 3. The Morgan fingerprint density at radius 3 is 2.52 bits per heavy atom. The number of carbonyl (C=O) groups excluding carboxylic acids is 1. The van der Waals surface area contributed by atoms with E-state index in [1.807, 2.05) is 29.3 Å². The van der Waals surface area contributed by atoms with Crippen molar-refractivity contribution in [3.63, 3.8) is 0 Å². The van der Waals surface area contributed by atoms with E-state index in [4.69, 9.17) is 14.2 Å². The van der Waals surface area contributed by atoms with E-state index in [9.17, 15) is 4.79 Å². The predicted molar refractivity (Wildman–Crippen MR) is 156 cm³/mol. The number of hydrogen-bond donors (Lipinski definition) is 0. The van der Waals surface area contributed by atoms with Gasteiger partial charge >= 0.3 is 0 Å².